The summed E-state index contributed by atoms with van der Waals surface area (Å²) in [6, 6.07) is 6.03. The number of fused-ring (bicyclic) bond motifs is 1. The highest BCUT2D eigenvalue weighted by Gasteiger charge is 2.28. The van der Waals surface area contributed by atoms with Gasteiger partial charge in [-0.15, -0.1) is 0 Å². The molecule has 2 N–H and O–H groups in total. The lowest BCUT2D eigenvalue weighted by Gasteiger charge is -2.15. The maximum absolute atomic E-state index is 6.04. The van der Waals surface area contributed by atoms with Crippen molar-refractivity contribution in [2.24, 2.45) is 5.73 Å². The third kappa shape index (κ3) is 1.35. The summed E-state index contributed by atoms with van der Waals surface area (Å²) < 4.78 is 0. The highest BCUT2D eigenvalue weighted by atomic mass is 35.5. The van der Waals surface area contributed by atoms with Crippen LogP contribution in [0.3, 0.4) is 0 Å². The van der Waals surface area contributed by atoms with Crippen molar-refractivity contribution in [1.82, 2.24) is 0 Å². The van der Waals surface area contributed by atoms with Gasteiger partial charge in [0.15, 0.2) is 0 Å². The van der Waals surface area contributed by atoms with E-state index in [0.717, 1.165) is 17.9 Å². The zero-order chi connectivity index (χ0) is 8.77. The molecule has 1 nitrogen and oxygen atoms in total. The second-order valence-corrected chi connectivity index (χ2v) is 4.36. The maximum atomic E-state index is 6.04. The molecule has 0 radical (unpaired) electrons. The molecule has 1 atom stereocenters. The van der Waals surface area contributed by atoms with E-state index >= 15 is 0 Å². The van der Waals surface area contributed by atoms with E-state index in [1.54, 1.807) is 0 Å². The lowest BCUT2D eigenvalue weighted by molar-refractivity contribution is 0.499. The van der Waals surface area contributed by atoms with Crippen LogP contribution in [-0.2, 0) is 12.8 Å². The molecular formula is C10H12ClN. The van der Waals surface area contributed by atoms with Gasteiger partial charge in [-0.2, -0.15) is 0 Å². The van der Waals surface area contributed by atoms with Gasteiger partial charge in [0.25, 0.3) is 0 Å². The molecule has 64 valence electrons. The van der Waals surface area contributed by atoms with Crippen LogP contribution >= 0.6 is 11.6 Å². The third-order valence-corrected chi connectivity index (χ3v) is 2.59. The summed E-state index contributed by atoms with van der Waals surface area (Å²) in [5.74, 6) is 0. The summed E-state index contributed by atoms with van der Waals surface area (Å²) in [5.41, 5.74) is 8.64. The van der Waals surface area contributed by atoms with Crippen LogP contribution in [0.2, 0.25) is 5.02 Å². The van der Waals surface area contributed by atoms with E-state index in [1.807, 2.05) is 12.1 Å². The lowest BCUT2D eigenvalue weighted by atomic mass is 10.0. The van der Waals surface area contributed by atoms with Crippen LogP contribution < -0.4 is 5.73 Å². The smallest absolute Gasteiger partial charge is 0.0408 e. The molecule has 0 saturated heterocycles. The van der Waals surface area contributed by atoms with E-state index in [4.69, 9.17) is 17.3 Å². The summed E-state index contributed by atoms with van der Waals surface area (Å²) in [5, 5.41) is 0.812. The zero-order valence-corrected chi connectivity index (χ0v) is 7.86. The Morgan fingerprint density at radius 3 is 2.75 bits per heavy atom. The minimum atomic E-state index is -0.0625. The Hall–Kier alpha value is -0.530. The number of hydrogen-bond donors (Lipinski definition) is 1. The summed E-state index contributed by atoms with van der Waals surface area (Å²) in [7, 11) is 0. The Morgan fingerprint density at radius 1 is 1.33 bits per heavy atom. The monoisotopic (exact) mass is 181 g/mol. The van der Waals surface area contributed by atoms with Gasteiger partial charge >= 0.3 is 0 Å². The minimum Gasteiger partial charge on any atom is -0.325 e. The first-order valence-corrected chi connectivity index (χ1v) is 4.51. The fraction of sp³-hybridized carbons (Fsp3) is 0.400. The molecule has 1 aliphatic carbocycles. The van der Waals surface area contributed by atoms with E-state index in [1.165, 1.54) is 11.1 Å². The number of hydrogen-bond acceptors (Lipinski definition) is 1. The van der Waals surface area contributed by atoms with Crippen molar-refractivity contribution in [3.63, 3.8) is 0 Å². The van der Waals surface area contributed by atoms with Gasteiger partial charge in [-0.3, -0.25) is 0 Å². The highest BCUT2D eigenvalue weighted by Crippen LogP contribution is 2.29. The van der Waals surface area contributed by atoms with E-state index in [9.17, 15) is 0 Å². The molecule has 0 saturated carbocycles. The molecule has 0 heterocycles. The quantitative estimate of drug-likeness (QED) is 0.652. The molecule has 0 amide bonds. The predicted octanol–water partition coefficient (Wildman–Crippen LogP) is 2.16. The molecule has 1 aromatic carbocycles. The molecule has 2 rings (SSSR count). The second-order valence-electron chi connectivity index (χ2n) is 3.92. The molecule has 0 aliphatic heterocycles. The van der Waals surface area contributed by atoms with Crippen LogP contribution in [0.15, 0.2) is 18.2 Å². The Bertz CT molecular complexity index is 318. The van der Waals surface area contributed by atoms with Crippen LogP contribution in [0, 0.1) is 0 Å². The van der Waals surface area contributed by atoms with Crippen molar-refractivity contribution in [3.05, 3.63) is 34.3 Å². The molecule has 1 aromatic rings. The maximum Gasteiger partial charge on any atom is 0.0408 e. The van der Waals surface area contributed by atoms with Gasteiger partial charge in [-0.05, 0) is 43.0 Å². The fourth-order valence-corrected chi connectivity index (χ4v) is 2.06. The Balaban J connectivity index is 2.43. The standard InChI is InChI=1S/C10H12ClN/c1-10(12)5-7-2-3-9(11)4-8(7)6-10/h2-4H,5-6,12H2,1H3. The Kier molecular flexibility index (Phi) is 1.67. The first-order chi connectivity index (χ1) is 5.57. The molecule has 12 heavy (non-hydrogen) atoms. The van der Waals surface area contributed by atoms with E-state index in [2.05, 4.69) is 13.0 Å². The van der Waals surface area contributed by atoms with Gasteiger partial charge in [0.2, 0.25) is 0 Å². The first kappa shape index (κ1) is 8.09. The average Bonchev–Trinajstić information content (AvgIpc) is 2.21. The van der Waals surface area contributed by atoms with Gasteiger partial charge in [0, 0.05) is 10.6 Å². The number of nitrogens with two attached hydrogens (primary N) is 1. The first-order valence-electron chi connectivity index (χ1n) is 4.13. The molecule has 2 heteroatoms. The highest BCUT2D eigenvalue weighted by molar-refractivity contribution is 6.30. The van der Waals surface area contributed by atoms with Crippen molar-refractivity contribution in [1.29, 1.82) is 0 Å². The summed E-state index contributed by atoms with van der Waals surface area (Å²) >= 11 is 5.88. The van der Waals surface area contributed by atoms with Gasteiger partial charge in [0.1, 0.15) is 0 Å². The summed E-state index contributed by atoms with van der Waals surface area (Å²) in [6.45, 7) is 2.08. The minimum absolute atomic E-state index is 0.0625. The van der Waals surface area contributed by atoms with Crippen molar-refractivity contribution >= 4 is 11.6 Å². The topological polar surface area (TPSA) is 26.0 Å². The van der Waals surface area contributed by atoms with Crippen LogP contribution in [-0.4, -0.2) is 5.54 Å². The normalized spacial score (nSPS) is 27.2. The van der Waals surface area contributed by atoms with Crippen LogP contribution in [0.25, 0.3) is 0 Å². The largest absolute Gasteiger partial charge is 0.325 e. The molecule has 0 spiro atoms. The van der Waals surface area contributed by atoms with Crippen molar-refractivity contribution in [2.45, 2.75) is 25.3 Å². The lowest BCUT2D eigenvalue weighted by Crippen LogP contribution is -2.36. The van der Waals surface area contributed by atoms with Gasteiger partial charge < -0.3 is 5.73 Å². The number of benzene rings is 1. The van der Waals surface area contributed by atoms with E-state index < -0.39 is 0 Å². The van der Waals surface area contributed by atoms with Crippen LogP contribution in [0.4, 0.5) is 0 Å². The summed E-state index contributed by atoms with van der Waals surface area (Å²) in [4.78, 5) is 0. The molecule has 0 fully saturated rings. The van der Waals surface area contributed by atoms with Gasteiger partial charge in [-0.25, -0.2) is 0 Å². The summed E-state index contributed by atoms with van der Waals surface area (Å²) in [6.07, 6.45) is 1.92. The Morgan fingerprint density at radius 2 is 2.00 bits per heavy atom. The Labute approximate surface area is 77.5 Å². The number of rotatable bonds is 0. The predicted molar refractivity (Wildman–Crippen MR) is 51.5 cm³/mol. The van der Waals surface area contributed by atoms with Crippen LogP contribution in [0.1, 0.15) is 18.1 Å². The molecule has 0 aromatic heterocycles. The zero-order valence-electron chi connectivity index (χ0n) is 7.10. The van der Waals surface area contributed by atoms with Crippen molar-refractivity contribution in [3.8, 4) is 0 Å². The third-order valence-electron chi connectivity index (χ3n) is 2.36. The van der Waals surface area contributed by atoms with Crippen LogP contribution in [0.5, 0.6) is 0 Å². The van der Waals surface area contributed by atoms with Crippen molar-refractivity contribution < 1.29 is 0 Å². The van der Waals surface area contributed by atoms with Gasteiger partial charge in [-0.1, -0.05) is 17.7 Å². The van der Waals surface area contributed by atoms with E-state index in [0.29, 0.717) is 0 Å². The van der Waals surface area contributed by atoms with Crippen molar-refractivity contribution in [2.75, 3.05) is 0 Å². The molecule has 0 bridgehead atoms. The molecular weight excluding hydrogens is 170 g/mol. The van der Waals surface area contributed by atoms with Gasteiger partial charge in [0.05, 0.1) is 0 Å². The second kappa shape index (κ2) is 2.48. The average molecular weight is 182 g/mol. The number of halogens is 1. The fourth-order valence-electron chi connectivity index (χ4n) is 1.86. The molecule has 1 unspecified atom stereocenters. The van der Waals surface area contributed by atoms with E-state index in [-0.39, 0.29) is 5.54 Å². The SMILES string of the molecule is CC1(N)Cc2ccc(Cl)cc2C1. The molecule has 1 aliphatic rings.